The molecule has 8 nitrogen and oxygen atoms in total. The molecule has 5 rings (SSSR count). The van der Waals surface area contributed by atoms with Crippen LogP contribution in [0.4, 0.5) is 4.79 Å². The molecule has 2 atom stereocenters. The Kier molecular flexibility index (Phi) is 9.02. The number of aromatic hydroxyl groups is 1. The predicted octanol–water partition coefficient (Wildman–Crippen LogP) is 0.997. The number of alkyl carbamates (subject to hydrolysis) is 1. The van der Waals surface area contributed by atoms with Gasteiger partial charge >= 0.3 is 12.1 Å². The highest BCUT2D eigenvalue weighted by atomic mass is 79.9. The molecule has 0 radical (unpaired) electrons. The standard InChI is InChI=1S/C28H34N2O6.BrH/c1-28(2,3)36-27(34)29-25(20-9-5-4-6-10-20)26(33)35-24-18-30(15-13-19(24)14-16-30)17-23(32)21-11-7-8-12-22(21)31;/h4-12,19,24-25H,13-18H2,1-3H3,(H-,29,31,32,34);1H/t19?,24-,25?,30?;/m0./s1. The van der Waals surface area contributed by atoms with E-state index in [0.717, 1.165) is 25.9 Å². The minimum Gasteiger partial charge on any atom is -1.00 e. The number of piperidine rings is 3. The van der Waals surface area contributed by atoms with Gasteiger partial charge in [-0.05, 0) is 38.5 Å². The first-order valence-corrected chi connectivity index (χ1v) is 12.5. The van der Waals surface area contributed by atoms with E-state index in [1.807, 2.05) is 6.07 Å². The summed E-state index contributed by atoms with van der Waals surface area (Å²) in [5, 5.41) is 12.8. The number of hydrogen-bond acceptors (Lipinski definition) is 6. The number of para-hydroxylation sites is 1. The summed E-state index contributed by atoms with van der Waals surface area (Å²) in [5.41, 5.74) is 0.214. The van der Waals surface area contributed by atoms with Gasteiger partial charge in [0.2, 0.25) is 5.78 Å². The number of esters is 1. The van der Waals surface area contributed by atoms with Crippen LogP contribution in [0.25, 0.3) is 0 Å². The van der Waals surface area contributed by atoms with Crippen LogP contribution in [0.3, 0.4) is 0 Å². The molecular formula is C28H35BrN2O6. The van der Waals surface area contributed by atoms with Gasteiger partial charge in [0, 0.05) is 18.8 Å². The van der Waals surface area contributed by atoms with E-state index >= 15 is 0 Å². The lowest BCUT2D eigenvalue weighted by molar-refractivity contribution is -0.938. The van der Waals surface area contributed by atoms with Gasteiger partial charge in [-0.2, -0.15) is 0 Å². The predicted molar refractivity (Wildman–Crippen MR) is 133 cm³/mol. The fourth-order valence-corrected chi connectivity index (χ4v) is 5.24. The number of carbonyl (C=O) groups excluding carboxylic acids is 3. The van der Waals surface area contributed by atoms with E-state index in [1.165, 1.54) is 6.07 Å². The molecule has 200 valence electrons. The molecule has 3 heterocycles. The first-order valence-electron chi connectivity index (χ1n) is 12.5. The number of quaternary nitrogens is 1. The van der Waals surface area contributed by atoms with Crippen molar-refractivity contribution in [1.29, 1.82) is 0 Å². The van der Waals surface area contributed by atoms with Gasteiger partial charge in [0.25, 0.3) is 0 Å². The van der Waals surface area contributed by atoms with Gasteiger partial charge in [0.15, 0.2) is 12.1 Å². The van der Waals surface area contributed by atoms with Crippen molar-refractivity contribution in [2.75, 3.05) is 26.2 Å². The van der Waals surface area contributed by atoms with Crippen LogP contribution in [0, 0.1) is 5.92 Å². The molecule has 3 aliphatic heterocycles. The molecule has 0 aliphatic carbocycles. The molecule has 3 fully saturated rings. The lowest BCUT2D eigenvalue weighted by Crippen LogP contribution is -3.00. The summed E-state index contributed by atoms with van der Waals surface area (Å²) in [6.45, 7) is 7.71. The van der Waals surface area contributed by atoms with E-state index in [2.05, 4.69) is 5.32 Å². The van der Waals surface area contributed by atoms with Crippen LogP contribution >= 0.6 is 0 Å². The quantitative estimate of drug-likeness (QED) is 0.290. The van der Waals surface area contributed by atoms with Gasteiger partial charge in [-0.15, -0.1) is 0 Å². The number of Topliss-reactive ketones (excluding diaryl/α,β-unsaturated/α-hetero) is 1. The smallest absolute Gasteiger partial charge is 0.408 e. The third kappa shape index (κ3) is 7.11. The summed E-state index contributed by atoms with van der Waals surface area (Å²) in [5.74, 6) is -0.468. The van der Waals surface area contributed by atoms with Crippen LogP contribution in [-0.2, 0) is 14.3 Å². The summed E-state index contributed by atoms with van der Waals surface area (Å²) < 4.78 is 11.9. The largest absolute Gasteiger partial charge is 1.00 e. The molecule has 0 saturated carbocycles. The second-order valence-electron chi connectivity index (χ2n) is 10.9. The number of benzene rings is 2. The molecular weight excluding hydrogens is 540 g/mol. The number of rotatable bonds is 7. The molecule has 0 aromatic heterocycles. The molecule has 37 heavy (non-hydrogen) atoms. The van der Waals surface area contributed by atoms with Crippen molar-refractivity contribution in [2.45, 2.75) is 51.4 Å². The van der Waals surface area contributed by atoms with E-state index in [-0.39, 0.29) is 47.1 Å². The number of ketones is 1. The van der Waals surface area contributed by atoms with Crippen LogP contribution in [0.15, 0.2) is 54.6 Å². The second-order valence-corrected chi connectivity index (χ2v) is 10.9. The number of hydrogen-bond donors (Lipinski definition) is 2. The van der Waals surface area contributed by atoms with Gasteiger partial charge in [-0.25, -0.2) is 9.59 Å². The number of ether oxygens (including phenoxy) is 2. The van der Waals surface area contributed by atoms with Crippen LogP contribution < -0.4 is 22.3 Å². The van der Waals surface area contributed by atoms with Crippen molar-refractivity contribution in [2.24, 2.45) is 5.92 Å². The maximum atomic E-state index is 13.4. The minimum atomic E-state index is -1.01. The summed E-state index contributed by atoms with van der Waals surface area (Å²) in [6.07, 6.45) is 0.644. The Balaban J connectivity index is 0.00000380. The molecule has 9 heteroatoms. The van der Waals surface area contributed by atoms with E-state index in [0.29, 0.717) is 22.2 Å². The van der Waals surface area contributed by atoms with E-state index < -0.39 is 23.7 Å². The first kappa shape index (κ1) is 28.7. The number of phenolic OH excluding ortho intramolecular Hbond substituents is 1. The fourth-order valence-electron chi connectivity index (χ4n) is 5.24. The monoisotopic (exact) mass is 574 g/mol. The Bertz CT molecular complexity index is 1110. The van der Waals surface area contributed by atoms with E-state index in [1.54, 1.807) is 63.2 Å². The molecule has 2 bridgehead atoms. The van der Waals surface area contributed by atoms with Gasteiger partial charge in [-0.3, -0.25) is 4.79 Å². The molecule has 2 aromatic rings. The van der Waals surface area contributed by atoms with Crippen molar-refractivity contribution >= 4 is 17.8 Å². The Morgan fingerprint density at radius 2 is 1.65 bits per heavy atom. The molecule has 2 aromatic carbocycles. The van der Waals surface area contributed by atoms with Crippen LogP contribution in [0.2, 0.25) is 0 Å². The zero-order valence-electron chi connectivity index (χ0n) is 21.5. The van der Waals surface area contributed by atoms with Gasteiger partial charge in [0.05, 0.1) is 18.7 Å². The molecule has 1 unspecified atom stereocenters. The number of nitrogens with one attached hydrogen (secondary N) is 1. The molecule has 3 saturated heterocycles. The lowest BCUT2D eigenvalue weighted by Gasteiger charge is -2.51. The minimum absolute atomic E-state index is 0. The average Bonchev–Trinajstić information content (AvgIpc) is 2.82. The number of carbonyl (C=O) groups is 3. The van der Waals surface area contributed by atoms with Crippen molar-refractivity contribution < 1.29 is 50.4 Å². The molecule has 3 aliphatic rings. The maximum absolute atomic E-state index is 13.4. The summed E-state index contributed by atoms with van der Waals surface area (Å²) in [6, 6.07) is 14.5. The van der Waals surface area contributed by atoms with Crippen molar-refractivity contribution in [3.05, 3.63) is 65.7 Å². The second kappa shape index (κ2) is 11.6. The number of nitrogens with zero attached hydrogens (tertiary/aromatic N) is 1. The Labute approximate surface area is 228 Å². The number of fused-ring (bicyclic) bond motifs is 3. The number of halogens is 1. The zero-order valence-corrected chi connectivity index (χ0v) is 23.1. The Morgan fingerprint density at radius 3 is 2.27 bits per heavy atom. The van der Waals surface area contributed by atoms with Gasteiger partial charge in [0.1, 0.15) is 24.4 Å². The van der Waals surface area contributed by atoms with E-state index in [9.17, 15) is 19.5 Å². The molecule has 0 spiro atoms. The van der Waals surface area contributed by atoms with Crippen molar-refractivity contribution in [3.8, 4) is 5.75 Å². The third-order valence-corrected chi connectivity index (χ3v) is 7.02. The summed E-state index contributed by atoms with van der Waals surface area (Å²) >= 11 is 0. The Morgan fingerprint density at radius 1 is 1.03 bits per heavy atom. The SMILES string of the molecule is CC(C)(C)OC(=O)NC(C(=O)O[C@H]1C[N+]2(CC(=O)c3ccccc3O)CCC1CC2)c1ccccc1.[Br-]. The fraction of sp³-hybridized carbons (Fsp3) is 0.464. The topological polar surface area (TPSA) is 102 Å². The van der Waals surface area contributed by atoms with Crippen LogP contribution in [0.5, 0.6) is 5.75 Å². The van der Waals surface area contributed by atoms with Gasteiger partial charge in [-0.1, -0.05) is 42.5 Å². The Hall–Kier alpha value is -2.91. The lowest BCUT2D eigenvalue weighted by atomic mass is 9.82. The summed E-state index contributed by atoms with van der Waals surface area (Å²) in [4.78, 5) is 38.9. The highest BCUT2D eigenvalue weighted by Crippen LogP contribution is 2.37. The van der Waals surface area contributed by atoms with Crippen molar-refractivity contribution in [1.82, 2.24) is 5.32 Å². The maximum Gasteiger partial charge on any atom is 0.408 e. The highest BCUT2D eigenvalue weighted by Gasteiger charge is 2.49. The van der Waals surface area contributed by atoms with Crippen LogP contribution in [0.1, 0.15) is 55.6 Å². The average molecular weight is 576 g/mol. The van der Waals surface area contributed by atoms with Crippen molar-refractivity contribution in [3.63, 3.8) is 0 Å². The number of phenols is 1. The zero-order chi connectivity index (χ0) is 25.9. The summed E-state index contributed by atoms with van der Waals surface area (Å²) in [7, 11) is 0. The van der Waals surface area contributed by atoms with Gasteiger partial charge < -0.3 is 41.4 Å². The molecule has 1 amide bonds. The number of amides is 1. The first-order chi connectivity index (χ1) is 17.1. The third-order valence-electron chi connectivity index (χ3n) is 7.02. The highest BCUT2D eigenvalue weighted by molar-refractivity contribution is 5.99. The molecule has 2 N–H and O–H groups in total. The normalized spacial score (nSPS) is 23.3. The van der Waals surface area contributed by atoms with E-state index in [4.69, 9.17) is 9.47 Å². The van der Waals surface area contributed by atoms with Crippen LogP contribution in [-0.4, -0.2) is 65.3 Å².